The van der Waals surface area contributed by atoms with Crippen LogP contribution in [-0.4, -0.2) is 0 Å². The molecular formula is C18H25NS. The highest BCUT2D eigenvalue weighted by molar-refractivity contribution is 7.17. The van der Waals surface area contributed by atoms with E-state index in [1.54, 1.807) is 0 Å². The summed E-state index contributed by atoms with van der Waals surface area (Å²) < 4.78 is 1.39. The standard InChI is InChI=1S/C18H25NS/c1-17(2,3)14-7-10-18(19,11-8-14)15-6-4-5-13-9-12-20-16(13)15/h4-6,9,12,14H,7-8,10-11,19H2,1-3H3. The van der Waals surface area contributed by atoms with Gasteiger partial charge in [-0.15, -0.1) is 11.3 Å². The summed E-state index contributed by atoms with van der Waals surface area (Å²) in [5.74, 6) is 0.807. The van der Waals surface area contributed by atoms with Crippen molar-refractivity contribution in [1.82, 2.24) is 0 Å². The zero-order valence-electron chi connectivity index (χ0n) is 12.8. The topological polar surface area (TPSA) is 26.0 Å². The Balaban J connectivity index is 1.89. The second-order valence-electron chi connectivity index (χ2n) is 7.44. The molecule has 2 N–H and O–H groups in total. The molecule has 0 amide bonds. The maximum Gasteiger partial charge on any atom is 0.0424 e. The van der Waals surface area contributed by atoms with Crippen molar-refractivity contribution >= 4 is 21.4 Å². The highest BCUT2D eigenvalue weighted by atomic mass is 32.1. The van der Waals surface area contributed by atoms with Gasteiger partial charge in [0.15, 0.2) is 0 Å². The molecule has 1 aliphatic rings. The van der Waals surface area contributed by atoms with E-state index in [4.69, 9.17) is 5.73 Å². The third-order valence-electron chi connectivity index (χ3n) is 5.12. The summed E-state index contributed by atoms with van der Waals surface area (Å²) in [6.45, 7) is 7.09. The lowest BCUT2D eigenvalue weighted by molar-refractivity contribution is 0.134. The molecule has 1 aromatic carbocycles. The first-order valence-electron chi connectivity index (χ1n) is 7.66. The number of rotatable bonds is 1. The first-order valence-corrected chi connectivity index (χ1v) is 8.54. The molecular weight excluding hydrogens is 262 g/mol. The van der Waals surface area contributed by atoms with Gasteiger partial charge in [0.25, 0.3) is 0 Å². The van der Waals surface area contributed by atoms with Gasteiger partial charge in [-0.25, -0.2) is 0 Å². The average Bonchev–Trinajstić information content (AvgIpc) is 2.86. The SMILES string of the molecule is CC(C)(C)C1CCC(N)(c2cccc3ccsc23)CC1. The van der Waals surface area contributed by atoms with Crippen LogP contribution in [0.25, 0.3) is 10.1 Å². The second-order valence-corrected chi connectivity index (χ2v) is 8.36. The molecule has 1 heterocycles. The van der Waals surface area contributed by atoms with Crippen LogP contribution in [0, 0.1) is 11.3 Å². The first kappa shape index (κ1) is 14.1. The Bertz CT molecular complexity index is 597. The molecule has 3 rings (SSSR count). The summed E-state index contributed by atoms with van der Waals surface area (Å²) in [7, 11) is 0. The lowest BCUT2D eigenvalue weighted by Crippen LogP contribution is -2.42. The second kappa shape index (κ2) is 4.85. The number of thiophene rings is 1. The Morgan fingerprint density at radius 1 is 1.15 bits per heavy atom. The van der Waals surface area contributed by atoms with E-state index in [0.717, 1.165) is 18.8 Å². The Hall–Kier alpha value is -0.860. The maximum absolute atomic E-state index is 6.82. The van der Waals surface area contributed by atoms with Gasteiger partial charge in [-0.3, -0.25) is 0 Å². The average molecular weight is 287 g/mol. The van der Waals surface area contributed by atoms with Crippen LogP contribution in [0.4, 0.5) is 0 Å². The molecule has 1 aliphatic carbocycles. The summed E-state index contributed by atoms with van der Waals surface area (Å²) in [6, 6.07) is 8.80. The van der Waals surface area contributed by atoms with E-state index in [1.165, 1.54) is 28.5 Å². The van der Waals surface area contributed by atoms with Gasteiger partial charge in [-0.05, 0) is 59.4 Å². The fourth-order valence-corrected chi connectivity index (χ4v) is 4.67. The van der Waals surface area contributed by atoms with E-state index in [2.05, 4.69) is 50.4 Å². The first-order chi connectivity index (χ1) is 9.40. The van der Waals surface area contributed by atoms with E-state index in [9.17, 15) is 0 Å². The van der Waals surface area contributed by atoms with Gasteiger partial charge >= 0.3 is 0 Å². The zero-order valence-corrected chi connectivity index (χ0v) is 13.6. The van der Waals surface area contributed by atoms with Gasteiger partial charge < -0.3 is 5.73 Å². The van der Waals surface area contributed by atoms with Crippen molar-refractivity contribution in [2.24, 2.45) is 17.1 Å². The Labute approximate surface area is 126 Å². The minimum absolute atomic E-state index is 0.119. The van der Waals surface area contributed by atoms with Crippen LogP contribution in [0.5, 0.6) is 0 Å². The van der Waals surface area contributed by atoms with E-state index >= 15 is 0 Å². The van der Waals surface area contributed by atoms with Crippen LogP contribution in [0.2, 0.25) is 0 Å². The molecule has 0 spiro atoms. The number of hydrogen-bond acceptors (Lipinski definition) is 2. The molecule has 0 bridgehead atoms. The monoisotopic (exact) mass is 287 g/mol. The van der Waals surface area contributed by atoms with Gasteiger partial charge in [0.2, 0.25) is 0 Å². The highest BCUT2D eigenvalue weighted by Crippen LogP contribution is 2.46. The van der Waals surface area contributed by atoms with Crippen LogP contribution in [0.3, 0.4) is 0 Å². The minimum atomic E-state index is -0.119. The van der Waals surface area contributed by atoms with Crippen molar-refractivity contribution in [3.63, 3.8) is 0 Å². The van der Waals surface area contributed by atoms with Crippen molar-refractivity contribution in [3.05, 3.63) is 35.2 Å². The molecule has 0 saturated heterocycles. The molecule has 20 heavy (non-hydrogen) atoms. The zero-order chi connectivity index (χ0) is 14.4. The van der Waals surface area contributed by atoms with Crippen LogP contribution in [0.1, 0.15) is 52.0 Å². The molecule has 2 aromatic rings. The Morgan fingerprint density at radius 3 is 2.50 bits per heavy atom. The molecule has 2 heteroatoms. The molecule has 108 valence electrons. The Morgan fingerprint density at radius 2 is 1.85 bits per heavy atom. The predicted octanol–water partition coefficient (Wildman–Crippen LogP) is 5.29. The highest BCUT2D eigenvalue weighted by Gasteiger charge is 2.38. The van der Waals surface area contributed by atoms with Gasteiger partial charge in [-0.2, -0.15) is 0 Å². The van der Waals surface area contributed by atoms with Gasteiger partial charge in [0, 0.05) is 10.2 Å². The van der Waals surface area contributed by atoms with Crippen molar-refractivity contribution in [3.8, 4) is 0 Å². The van der Waals surface area contributed by atoms with Gasteiger partial charge in [0.05, 0.1) is 0 Å². The molecule has 0 aliphatic heterocycles. The summed E-state index contributed by atoms with van der Waals surface area (Å²) in [4.78, 5) is 0. The van der Waals surface area contributed by atoms with Crippen molar-refractivity contribution in [1.29, 1.82) is 0 Å². The molecule has 1 aromatic heterocycles. The minimum Gasteiger partial charge on any atom is -0.321 e. The number of benzene rings is 1. The number of fused-ring (bicyclic) bond motifs is 1. The van der Waals surface area contributed by atoms with Crippen LogP contribution < -0.4 is 5.73 Å². The molecule has 1 saturated carbocycles. The summed E-state index contributed by atoms with van der Waals surface area (Å²) in [5, 5.41) is 3.52. The van der Waals surface area contributed by atoms with Crippen molar-refractivity contribution in [2.45, 2.75) is 52.0 Å². The van der Waals surface area contributed by atoms with E-state index < -0.39 is 0 Å². The smallest absolute Gasteiger partial charge is 0.0424 e. The van der Waals surface area contributed by atoms with Crippen molar-refractivity contribution < 1.29 is 0 Å². The van der Waals surface area contributed by atoms with Crippen LogP contribution in [-0.2, 0) is 5.54 Å². The lowest BCUT2D eigenvalue weighted by Gasteiger charge is -2.42. The van der Waals surface area contributed by atoms with Gasteiger partial charge in [0.1, 0.15) is 0 Å². The third kappa shape index (κ3) is 2.40. The fraction of sp³-hybridized carbons (Fsp3) is 0.556. The van der Waals surface area contributed by atoms with E-state index in [0.29, 0.717) is 5.41 Å². The maximum atomic E-state index is 6.82. The molecule has 0 unspecified atom stereocenters. The lowest BCUT2D eigenvalue weighted by atomic mass is 9.66. The van der Waals surface area contributed by atoms with Crippen molar-refractivity contribution in [2.75, 3.05) is 0 Å². The predicted molar refractivity (Wildman–Crippen MR) is 89.1 cm³/mol. The largest absolute Gasteiger partial charge is 0.321 e. The summed E-state index contributed by atoms with van der Waals surface area (Å²) >= 11 is 1.83. The molecule has 0 atom stereocenters. The molecule has 0 radical (unpaired) electrons. The normalized spacial score (nSPS) is 27.9. The van der Waals surface area contributed by atoms with E-state index in [1.807, 2.05) is 11.3 Å². The fourth-order valence-electron chi connectivity index (χ4n) is 3.65. The molecule has 1 fully saturated rings. The summed E-state index contributed by atoms with van der Waals surface area (Å²) in [5.41, 5.74) is 8.48. The van der Waals surface area contributed by atoms with Crippen LogP contribution in [0.15, 0.2) is 29.6 Å². The third-order valence-corrected chi connectivity index (χ3v) is 6.08. The van der Waals surface area contributed by atoms with Crippen LogP contribution >= 0.6 is 11.3 Å². The summed E-state index contributed by atoms with van der Waals surface area (Å²) in [6.07, 6.45) is 4.74. The molecule has 1 nitrogen and oxygen atoms in total. The Kier molecular flexibility index (Phi) is 3.42. The quantitative estimate of drug-likeness (QED) is 0.757. The number of nitrogens with two attached hydrogens (primary N) is 1. The van der Waals surface area contributed by atoms with E-state index in [-0.39, 0.29) is 5.54 Å². The van der Waals surface area contributed by atoms with Gasteiger partial charge in [-0.1, -0.05) is 39.0 Å². The number of hydrogen-bond donors (Lipinski definition) is 1.